The van der Waals surface area contributed by atoms with E-state index in [0.29, 0.717) is 23.0 Å². The van der Waals surface area contributed by atoms with Crippen molar-refractivity contribution >= 4 is 34.5 Å². The molecule has 150 valence electrons. The second-order valence-electron chi connectivity index (χ2n) is 6.78. The monoisotopic (exact) mass is 418 g/mol. The third-order valence-corrected chi connectivity index (χ3v) is 5.13. The Morgan fingerprint density at radius 3 is 2.73 bits per heavy atom. The number of esters is 1. The Morgan fingerprint density at radius 1 is 1.13 bits per heavy atom. The Morgan fingerprint density at radius 2 is 1.90 bits per heavy atom. The van der Waals surface area contributed by atoms with Crippen LogP contribution in [0.25, 0.3) is 17.0 Å². The van der Waals surface area contributed by atoms with E-state index in [1.54, 1.807) is 17.0 Å². The summed E-state index contributed by atoms with van der Waals surface area (Å²) >= 11 is 6.41. The van der Waals surface area contributed by atoms with Crippen LogP contribution in [-0.2, 0) is 22.7 Å². The fraction of sp³-hybridized carbons (Fsp3) is 0.130. The maximum atomic E-state index is 12.1. The van der Waals surface area contributed by atoms with Gasteiger partial charge in [-0.3, -0.25) is 0 Å². The summed E-state index contributed by atoms with van der Waals surface area (Å²) in [4.78, 5) is 16.6. The number of fused-ring (bicyclic) bond motifs is 1. The van der Waals surface area contributed by atoms with Gasteiger partial charge in [0.2, 0.25) is 0 Å². The Hall–Kier alpha value is -3.51. The van der Waals surface area contributed by atoms with E-state index in [-0.39, 0.29) is 6.61 Å². The van der Waals surface area contributed by atoms with Crippen molar-refractivity contribution in [2.75, 3.05) is 0 Å². The molecule has 0 aliphatic rings. The quantitative estimate of drug-likeness (QED) is 0.338. The molecule has 4 aromatic rings. The molecule has 0 unspecified atom stereocenters. The van der Waals surface area contributed by atoms with E-state index in [2.05, 4.69) is 15.3 Å². The number of hydrogen-bond acceptors (Lipinski definition) is 5. The van der Waals surface area contributed by atoms with E-state index in [1.807, 2.05) is 61.5 Å². The molecule has 0 aliphatic heterocycles. The van der Waals surface area contributed by atoms with E-state index < -0.39 is 5.97 Å². The number of nitrogens with zero attached hydrogens (tertiary/aromatic N) is 4. The molecule has 0 N–H and O–H groups in total. The number of carbonyl (C=O) groups is 1. The maximum Gasteiger partial charge on any atom is 0.331 e. The molecule has 2 aromatic heterocycles. The number of ether oxygens (including phenoxy) is 1. The van der Waals surface area contributed by atoms with Crippen LogP contribution in [-0.4, -0.2) is 25.9 Å². The van der Waals surface area contributed by atoms with Gasteiger partial charge in [-0.1, -0.05) is 65.3 Å². The van der Waals surface area contributed by atoms with Gasteiger partial charge in [0, 0.05) is 11.5 Å². The number of hydrogen-bond donors (Lipinski definition) is 0. The minimum Gasteiger partial charge on any atom is -0.456 e. The van der Waals surface area contributed by atoms with E-state index >= 15 is 0 Å². The van der Waals surface area contributed by atoms with Crippen molar-refractivity contribution in [1.29, 1.82) is 0 Å². The molecule has 0 atom stereocenters. The number of aromatic nitrogens is 4. The van der Waals surface area contributed by atoms with Gasteiger partial charge in [0.25, 0.3) is 0 Å². The van der Waals surface area contributed by atoms with Gasteiger partial charge in [-0.05, 0) is 30.2 Å². The zero-order valence-electron chi connectivity index (χ0n) is 16.3. The third kappa shape index (κ3) is 4.55. The van der Waals surface area contributed by atoms with E-state index in [1.165, 1.54) is 6.08 Å². The minimum absolute atomic E-state index is 0.00558. The summed E-state index contributed by atoms with van der Waals surface area (Å²) in [5.41, 5.74) is 3.95. The summed E-state index contributed by atoms with van der Waals surface area (Å²) in [6, 6.07) is 17.7. The van der Waals surface area contributed by atoms with Gasteiger partial charge in [0.1, 0.15) is 12.3 Å². The first-order valence-electron chi connectivity index (χ1n) is 9.43. The van der Waals surface area contributed by atoms with E-state index in [9.17, 15) is 4.79 Å². The molecule has 7 heteroatoms. The molecule has 0 saturated carbocycles. The largest absolute Gasteiger partial charge is 0.456 e. The van der Waals surface area contributed by atoms with Crippen molar-refractivity contribution < 1.29 is 9.53 Å². The van der Waals surface area contributed by atoms with Crippen molar-refractivity contribution in [2.24, 2.45) is 0 Å². The van der Waals surface area contributed by atoms with Gasteiger partial charge in [-0.25, -0.2) is 14.5 Å². The first kappa shape index (κ1) is 19.8. The molecule has 0 fully saturated rings. The average molecular weight is 419 g/mol. The van der Waals surface area contributed by atoms with Crippen LogP contribution in [0, 0.1) is 6.92 Å². The van der Waals surface area contributed by atoms with Crippen molar-refractivity contribution in [3.8, 4) is 0 Å². The van der Waals surface area contributed by atoms with E-state index in [4.69, 9.17) is 16.3 Å². The van der Waals surface area contributed by atoms with Crippen LogP contribution < -0.4 is 0 Å². The van der Waals surface area contributed by atoms with Crippen LogP contribution in [0.5, 0.6) is 0 Å². The van der Waals surface area contributed by atoms with Crippen molar-refractivity contribution in [3.05, 3.63) is 94.4 Å². The number of carbonyl (C=O) groups excluding carboxylic acids is 1. The third-order valence-electron chi connectivity index (χ3n) is 4.63. The van der Waals surface area contributed by atoms with Crippen LogP contribution in [0.1, 0.15) is 22.5 Å². The van der Waals surface area contributed by atoms with Crippen molar-refractivity contribution in [3.63, 3.8) is 0 Å². The molecule has 2 heterocycles. The second-order valence-corrected chi connectivity index (χ2v) is 7.16. The van der Waals surface area contributed by atoms with Crippen LogP contribution in [0.4, 0.5) is 0 Å². The number of para-hydroxylation sites is 1. The molecular weight excluding hydrogens is 400 g/mol. The average Bonchev–Trinajstić information content (AvgIpc) is 3.22. The number of halogens is 1. The second kappa shape index (κ2) is 8.88. The van der Waals surface area contributed by atoms with Gasteiger partial charge in [0.15, 0.2) is 0 Å². The molecule has 4 rings (SSSR count). The molecular formula is C23H19ClN4O2. The molecule has 0 bridgehead atoms. The summed E-state index contributed by atoms with van der Waals surface area (Å²) in [6.45, 7) is 2.53. The van der Waals surface area contributed by atoms with Gasteiger partial charge < -0.3 is 4.74 Å². The highest BCUT2D eigenvalue weighted by atomic mass is 35.5. The fourth-order valence-electron chi connectivity index (χ4n) is 3.09. The highest BCUT2D eigenvalue weighted by molar-refractivity contribution is 6.32. The normalized spacial score (nSPS) is 11.3. The highest BCUT2D eigenvalue weighted by Gasteiger charge is 2.11. The number of pyridine rings is 1. The number of aryl methyl sites for hydroxylation is 1. The molecule has 0 saturated heterocycles. The Labute approximate surface area is 178 Å². The summed E-state index contributed by atoms with van der Waals surface area (Å²) in [7, 11) is 0. The lowest BCUT2D eigenvalue weighted by Gasteiger charge is -2.09. The van der Waals surface area contributed by atoms with Gasteiger partial charge in [-0.15, -0.1) is 5.10 Å². The summed E-state index contributed by atoms with van der Waals surface area (Å²) in [5.74, 6) is -0.503. The zero-order chi connectivity index (χ0) is 20.9. The highest BCUT2D eigenvalue weighted by Crippen LogP contribution is 2.27. The lowest BCUT2D eigenvalue weighted by Crippen LogP contribution is -2.04. The van der Waals surface area contributed by atoms with Crippen LogP contribution in [0.2, 0.25) is 5.02 Å². The fourth-order valence-corrected chi connectivity index (χ4v) is 3.29. The Bertz CT molecular complexity index is 1220. The summed E-state index contributed by atoms with van der Waals surface area (Å²) in [6.07, 6.45) is 4.65. The first-order chi connectivity index (χ1) is 14.6. The van der Waals surface area contributed by atoms with Gasteiger partial charge in [-0.2, -0.15) is 0 Å². The SMILES string of the molecule is Cc1c(Cl)c(COC(=O)/C=C/c2cn(Cc3ccccc3)nn2)nc2ccccc12. The standard InChI is InChI=1S/C23H19ClN4O2/c1-16-19-9-5-6-10-20(19)25-21(23(16)24)15-30-22(29)12-11-18-14-28(27-26-18)13-17-7-3-2-4-8-17/h2-12,14H,13,15H2,1H3/b12-11+. The van der Waals surface area contributed by atoms with Crippen molar-refractivity contribution in [1.82, 2.24) is 20.0 Å². The Kier molecular flexibility index (Phi) is 5.86. The number of benzene rings is 2. The topological polar surface area (TPSA) is 69.9 Å². The smallest absolute Gasteiger partial charge is 0.331 e. The molecule has 0 aliphatic carbocycles. The summed E-state index contributed by atoms with van der Waals surface area (Å²) < 4.78 is 7.02. The van der Waals surface area contributed by atoms with Crippen LogP contribution in [0.15, 0.2) is 66.9 Å². The first-order valence-corrected chi connectivity index (χ1v) is 9.80. The molecule has 0 spiro atoms. The molecule has 0 radical (unpaired) electrons. The van der Waals surface area contributed by atoms with E-state index in [0.717, 1.165) is 22.0 Å². The Balaban J connectivity index is 1.38. The predicted molar refractivity (Wildman–Crippen MR) is 116 cm³/mol. The molecule has 2 aromatic carbocycles. The maximum absolute atomic E-state index is 12.1. The van der Waals surface area contributed by atoms with Gasteiger partial charge >= 0.3 is 5.97 Å². The summed E-state index contributed by atoms with van der Waals surface area (Å²) in [5, 5.41) is 9.61. The lowest BCUT2D eigenvalue weighted by atomic mass is 10.1. The predicted octanol–water partition coefficient (Wildman–Crippen LogP) is 4.59. The zero-order valence-corrected chi connectivity index (χ0v) is 17.1. The van der Waals surface area contributed by atoms with Crippen molar-refractivity contribution in [2.45, 2.75) is 20.1 Å². The van der Waals surface area contributed by atoms with Gasteiger partial charge in [0.05, 0.1) is 29.0 Å². The van der Waals surface area contributed by atoms with Crippen LogP contribution >= 0.6 is 11.6 Å². The number of rotatable bonds is 6. The van der Waals surface area contributed by atoms with Crippen LogP contribution in [0.3, 0.4) is 0 Å². The molecule has 30 heavy (non-hydrogen) atoms. The minimum atomic E-state index is -0.503. The molecule has 6 nitrogen and oxygen atoms in total. The lowest BCUT2D eigenvalue weighted by molar-refractivity contribution is -0.139. The molecule has 0 amide bonds.